The van der Waals surface area contributed by atoms with Crippen molar-refractivity contribution < 1.29 is 14.7 Å². The predicted octanol–water partition coefficient (Wildman–Crippen LogP) is 5.41. The molecule has 6 rings (SSSR count). The van der Waals surface area contributed by atoms with Crippen molar-refractivity contribution in [2.45, 2.75) is 50.9 Å². The molecular weight excluding hydrogens is 476 g/mol. The molecule has 38 heavy (non-hydrogen) atoms. The fourth-order valence-corrected chi connectivity index (χ4v) is 5.44. The molecule has 7 heteroatoms. The van der Waals surface area contributed by atoms with Crippen LogP contribution in [0.2, 0.25) is 0 Å². The largest absolute Gasteiger partial charge is 0.387 e. The Kier molecular flexibility index (Phi) is 6.16. The number of aromatic nitrogens is 3. The van der Waals surface area contributed by atoms with E-state index in [0.29, 0.717) is 12.2 Å². The molecule has 3 aromatic carbocycles. The third kappa shape index (κ3) is 4.43. The summed E-state index contributed by atoms with van der Waals surface area (Å²) < 4.78 is 1.73. The Morgan fingerprint density at radius 2 is 1.68 bits per heavy atom. The first kappa shape index (κ1) is 24.2. The molecule has 0 bridgehead atoms. The topological polar surface area (TPSA) is 89.6 Å². The van der Waals surface area contributed by atoms with Crippen molar-refractivity contribution in [2.75, 3.05) is 0 Å². The van der Waals surface area contributed by atoms with E-state index in [1.807, 2.05) is 49.4 Å². The number of Topliss-reactive ketones (excluding diaryl/α,β-unsaturated/α-hetero) is 1. The van der Waals surface area contributed by atoms with Crippen molar-refractivity contribution in [1.82, 2.24) is 15.0 Å². The van der Waals surface area contributed by atoms with E-state index in [1.54, 1.807) is 17.8 Å². The fraction of sp³-hybridized carbons (Fsp3) is 0.290. The van der Waals surface area contributed by atoms with E-state index in [1.165, 1.54) is 0 Å². The van der Waals surface area contributed by atoms with Gasteiger partial charge in [-0.05, 0) is 54.5 Å². The SMILES string of the molecule is CC(=O)C1(c2ccc(-c3ccc(C4ON=C(C)C4C(O)c4cn(Cc5ccccc5)nn4)cc3)cc2)CC1. The van der Waals surface area contributed by atoms with Crippen LogP contribution < -0.4 is 0 Å². The number of carbonyl (C=O) groups excluding carboxylic acids is 1. The molecule has 2 aliphatic rings. The van der Waals surface area contributed by atoms with Crippen molar-refractivity contribution in [2.24, 2.45) is 11.1 Å². The van der Waals surface area contributed by atoms with Crippen LogP contribution in [0.5, 0.6) is 0 Å². The molecule has 4 aromatic rings. The molecule has 1 aliphatic carbocycles. The monoisotopic (exact) mass is 506 g/mol. The van der Waals surface area contributed by atoms with E-state index in [0.717, 1.165) is 46.4 Å². The summed E-state index contributed by atoms with van der Waals surface area (Å²) in [6.07, 6.45) is 2.33. The summed E-state index contributed by atoms with van der Waals surface area (Å²) in [6.45, 7) is 4.13. The number of carbonyl (C=O) groups is 1. The molecule has 1 aromatic heterocycles. The zero-order valence-corrected chi connectivity index (χ0v) is 21.5. The number of aliphatic hydroxyl groups excluding tert-OH is 1. The van der Waals surface area contributed by atoms with Gasteiger partial charge in [0.1, 0.15) is 17.6 Å². The highest BCUT2D eigenvalue weighted by Gasteiger charge is 2.48. The Hall–Kier alpha value is -4.10. The molecule has 1 fully saturated rings. The zero-order valence-electron chi connectivity index (χ0n) is 21.5. The van der Waals surface area contributed by atoms with Gasteiger partial charge in [0.2, 0.25) is 0 Å². The lowest BCUT2D eigenvalue weighted by Gasteiger charge is -2.22. The number of aliphatic hydroxyl groups is 1. The summed E-state index contributed by atoms with van der Waals surface area (Å²) >= 11 is 0. The van der Waals surface area contributed by atoms with Gasteiger partial charge in [0.25, 0.3) is 0 Å². The fourth-order valence-electron chi connectivity index (χ4n) is 5.44. The third-order valence-electron chi connectivity index (χ3n) is 7.94. The van der Waals surface area contributed by atoms with Crippen LogP contribution >= 0.6 is 0 Å². The van der Waals surface area contributed by atoms with Gasteiger partial charge in [-0.25, -0.2) is 4.68 Å². The van der Waals surface area contributed by atoms with E-state index in [9.17, 15) is 9.90 Å². The van der Waals surface area contributed by atoms with Crippen LogP contribution in [-0.2, 0) is 21.6 Å². The van der Waals surface area contributed by atoms with Crippen molar-refractivity contribution in [3.05, 3.63) is 107 Å². The second kappa shape index (κ2) is 9.65. The van der Waals surface area contributed by atoms with Gasteiger partial charge in [0.05, 0.1) is 29.8 Å². The van der Waals surface area contributed by atoms with Gasteiger partial charge in [-0.3, -0.25) is 4.79 Å². The molecule has 1 N–H and O–H groups in total. The zero-order chi connectivity index (χ0) is 26.3. The van der Waals surface area contributed by atoms with Gasteiger partial charge >= 0.3 is 0 Å². The molecule has 3 atom stereocenters. The highest BCUT2D eigenvalue weighted by atomic mass is 16.6. The first-order valence-corrected chi connectivity index (χ1v) is 13.0. The Bertz CT molecular complexity index is 1470. The Balaban J connectivity index is 1.17. The molecule has 1 aliphatic heterocycles. The number of nitrogens with zero attached hydrogens (tertiary/aromatic N) is 4. The average Bonchev–Trinajstić information content (AvgIpc) is 3.49. The van der Waals surface area contributed by atoms with Crippen LogP contribution in [-0.4, -0.2) is 31.6 Å². The van der Waals surface area contributed by atoms with E-state index in [2.05, 4.69) is 51.9 Å². The van der Waals surface area contributed by atoms with Crippen LogP contribution in [0.4, 0.5) is 0 Å². The van der Waals surface area contributed by atoms with Crippen LogP contribution in [0.3, 0.4) is 0 Å². The minimum Gasteiger partial charge on any atom is -0.387 e. The predicted molar refractivity (Wildman–Crippen MR) is 144 cm³/mol. The number of benzene rings is 3. The van der Waals surface area contributed by atoms with Gasteiger partial charge in [-0.15, -0.1) is 5.10 Å². The third-order valence-corrected chi connectivity index (χ3v) is 7.94. The maximum absolute atomic E-state index is 12.1. The number of ketones is 1. The summed E-state index contributed by atoms with van der Waals surface area (Å²) in [7, 11) is 0. The van der Waals surface area contributed by atoms with Crippen LogP contribution in [0.15, 0.2) is 90.2 Å². The molecule has 0 radical (unpaired) electrons. The smallest absolute Gasteiger partial charge is 0.163 e. The second-order valence-corrected chi connectivity index (χ2v) is 10.4. The standard InChI is InChI=1S/C31H30N4O3/c1-20-28(29(37)27-19-35(34-32-27)18-22-6-4-3-5-7-22)30(38-33-20)25-10-8-23(9-11-25)24-12-14-26(15-13-24)31(16-17-31)21(2)36/h3-15,19,28-30,37H,16-18H2,1-2H3. The maximum Gasteiger partial charge on any atom is 0.163 e. The molecule has 2 heterocycles. The van der Waals surface area contributed by atoms with Crippen LogP contribution in [0.25, 0.3) is 11.1 Å². The number of hydrogen-bond donors (Lipinski definition) is 1. The highest BCUT2D eigenvalue weighted by molar-refractivity contribution is 5.91. The molecule has 1 saturated carbocycles. The van der Waals surface area contributed by atoms with Gasteiger partial charge < -0.3 is 9.94 Å². The molecule has 192 valence electrons. The van der Waals surface area contributed by atoms with Crippen molar-refractivity contribution >= 4 is 11.5 Å². The summed E-state index contributed by atoms with van der Waals surface area (Å²) in [5.41, 5.74) is 6.26. The lowest BCUT2D eigenvalue weighted by molar-refractivity contribution is -0.119. The molecule has 0 amide bonds. The molecule has 3 unspecified atom stereocenters. The van der Waals surface area contributed by atoms with Crippen molar-refractivity contribution in [3.8, 4) is 11.1 Å². The van der Waals surface area contributed by atoms with E-state index < -0.39 is 12.2 Å². The number of rotatable bonds is 8. The Morgan fingerprint density at radius 3 is 2.32 bits per heavy atom. The lowest BCUT2D eigenvalue weighted by Crippen LogP contribution is -2.23. The van der Waals surface area contributed by atoms with Crippen LogP contribution in [0.1, 0.15) is 61.3 Å². The van der Waals surface area contributed by atoms with Gasteiger partial charge in [-0.2, -0.15) is 0 Å². The summed E-state index contributed by atoms with van der Waals surface area (Å²) in [6, 6.07) is 26.5. The molecule has 0 spiro atoms. The van der Waals surface area contributed by atoms with Crippen molar-refractivity contribution in [3.63, 3.8) is 0 Å². The quantitative estimate of drug-likeness (QED) is 0.345. The molecular formula is C31H30N4O3. The summed E-state index contributed by atoms with van der Waals surface area (Å²) in [5, 5.41) is 23.9. The number of oxime groups is 1. The van der Waals surface area contributed by atoms with Crippen molar-refractivity contribution in [1.29, 1.82) is 0 Å². The average molecular weight is 507 g/mol. The Labute approximate surface area is 221 Å². The highest BCUT2D eigenvalue weighted by Crippen LogP contribution is 2.49. The summed E-state index contributed by atoms with van der Waals surface area (Å²) in [4.78, 5) is 17.8. The van der Waals surface area contributed by atoms with E-state index >= 15 is 0 Å². The van der Waals surface area contributed by atoms with Gasteiger partial charge in [-0.1, -0.05) is 89.2 Å². The van der Waals surface area contributed by atoms with Gasteiger partial charge in [0, 0.05) is 0 Å². The van der Waals surface area contributed by atoms with E-state index in [4.69, 9.17) is 4.84 Å². The minimum absolute atomic E-state index is 0.249. The first-order chi connectivity index (χ1) is 18.4. The van der Waals surface area contributed by atoms with Crippen LogP contribution in [0, 0.1) is 5.92 Å². The van der Waals surface area contributed by atoms with E-state index in [-0.39, 0.29) is 17.1 Å². The first-order valence-electron chi connectivity index (χ1n) is 13.0. The normalized spacial score (nSPS) is 20.4. The Morgan fingerprint density at radius 1 is 1.03 bits per heavy atom. The number of hydrogen-bond acceptors (Lipinski definition) is 6. The minimum atomic E-state index is -0.904. The van der Waals surface area contributed by atoms with Gasteiger partial charge in [0.15, 0.2) is 6.10 Å². The summed E-state index contributed by atoms with van der Waals surface area (Å²) in [5.74, 6) is -0.123. The maximum atomic E-state index is 12.1. The molecule has 7 nitrogen and oxygen atoms in total. The molecule has 0 saturated heterocycles. The lowest BCUT2D eigenvalue weighted by atomic mass is 9.86. The second-order valence-electron chi connectivity index (χ2n) is 10.4.